The molecule has 2 rings (SSSR count). The Morgan fingerprint density at radius 1 is 1.11 bits per heavy atom. The molecule has 0 bridgehead atoms. The number of nitrogens with zero attached hydrogens (tertiary/aromatic N) is 1. The van der Waals surface area contributed by atoms with Crippen LogP contribution < -0.4 is 0 Å². The SMILES string of the molecule is CN(C)C(=O)c1cccc(-c2ccc(O)c(F)c2)c1. The van der Waals surface area contributed by atoms with Crippen LogP contribution in [-0.2, 0) is 0 Å². The van der Waals surface area contributed by atoms with Gasteiger partial charge in [0.25, 0.3) is 5.91 Å². The average Bonchev–Trinajstić information content (AvgIpc) is 2.41. The second-order valence-electron chi connectivity index (χ2n) is 4.45. The first kappa shape index (κ1) is 13.1. The van der Waals surface area contributed by atoms with Crippen molar-refractivity contribution >= 4 is 5.91 Å². The number of hydrogen-bond donors (Lipinski definition) is 1. The average molecular weight is 259 g/mol. The van der Waals surface area contributed by atoms with Crippen molar-refractivity contribution in [3.63, 3.8) is 0 Å². The van der Waals surface area contributed by atoms with E-state index in [1.807, 2.05) is 0 Å². The van der Waals surface area contributed by atoms with Gasteiger partial charge in [0.05, 0.1) is 0 Å². The van der Waals surface area contributed by atoms with Crippen molar-refractivity contribution in [2.45, 2.75) is 0 Å². The topological polar surface area (TPSA) is 40.5 Å². The van der Waals surface area contributed by atoms with Gasteiger partial charge in [-0.3, -0.25) is 4.79 Å². The molecule has 1 amide bonds. The molecular formula is C15H14FNO2. The molecule has 0 spiro atoms. The lowest BCUT2D eigenvalue weighted by molar-refractivity contribution is 0.0827. The molecule has 3 nitrogen and oxygen atoms in total. The van der Waals surface area contributed by atoms with Crippen LogP contribution in [0.25, 0.3) is 11.1 Å². The van der Waals surface area contributed by atoms with Gasteiger partial charge in [-0.25, -0.2) is 4.39 Å². The van der Waals surface area contributed by atoms with Gasteiger partial charge in [0.15, 0.2) is 11.6 Å². The number of hydrogen-bond acceptors (Lipinski definition) is 2. The summed E-state index contributed by atoms with van der Waals surface area (Å²) in [5, 5.41) is 9.17. The lowest BCUT2D eigenvalue weighted by atomic mass is 10.0. The third-order valence-corrected chi connectivity index (χ3v) is 2.80. The molecule has 98 valence electrons. The Kier molecular flexibility index (Phi) is 3.51. The summed E-state index contributed by atoms with van der Waals surface area (Å²) in [7, 11) is 3.35. The number of aromatic hydroxyl groups is 1. The van der Waals surface area contributed by atoms with E-state index in [1.165, 1.54) is 17.0 Å². The zero-order chi connectivity index (χ0) is 14.0. The summed E-state index contributed by atoms with van der Waals surface area (Å²) in [6.07, 6.45) is 0. The molecule has 0 aliphatic rings. The first-order chi connectivity index (χ1) is 8.99. The highest BCUT2D eigenvalue weighted by atomic mass is 19.1. The Labute approximate surface area is 110 Å². The summed E-state index contributed by atoms with van der Waals surface area (Å²) < 4.78 is 13.3. The lowest BCUT2D eigenvalue weighted by Crippen LogP contribution is -2.21. The van der Waals surface area contributed by atoms with Crippen molar-refractivity contribution in [2.24, 2.45) is 0 Å². The minimum absolute atomic E-state index is 0.110. The van der Waals surface area contributed by atoms with Gasteiger partial charge in [-0.1, -0.05) is 18.2 Å². The van der Waals surface area contributed by atoms with Crippen molar-refractivity contribution in [3.8, 4) is 16.9 Å². The summed E-state index contributed by atoms with van der Waals surface area (Å²) in [5.41, 5.74) is 1.88. The van der Waals surface area contributed by atoms with Crippen LogP contribution in [0.5, 0.6) is 5.75 Å². The predicted molar refractivity (Wildman–Crippen MR) is 71.5 cm³/mol. The van der Waals surface area contributed by atoms with Crippen LogP contribution >= 0.6 is 0 Å². The summed E-state index contributed by atoms with van der Waals surface area (Å²) >= 11 is 0. The van der Waals surface area contributed by atoms with Crippen molar-refractivity contribution in [3.05, 3.63) is 53.8 Å². The van der Waals surface area contributed by atoms with Crippen molar-refractivity contribution in [2.75, 3.05) is 14.1 Å². The summed E-state index contributed by atoms with van der Waals surface area (Å²) in [6, 6.07) is 11.1. The number of carbonyl (C=O) groups is 1. The molecule has 2 aromatic carbocycles. The van der Waals surface area contributed by atoms with Gasteiger partial charge in [0.2, 0.25) is 0 Å². The molecule has 19 heavy (non-hydrogen) atoms. The maximum Gasteiger partial charge on any atom is 0.253 e. The fourth-order valence-electron chi connectivity index (χ4n) is 1.78. The minimum Gasteiger partial charge on any atom is -0.505 e. The number of amides is 1. The van der Waals surface area contributed by atoms with E-state index in [4.69, 9.17) is 0 Å². The second-order valence-corrected chi connectivity index (χ2v) is 4.45. The minimum atomic E-state index is -0.679. The highest BCUT2D eigenvalue weighted by Gasteiger charge is 2.10. The normalized spacial score (nSPS) is 10.3. The van der Waals surface area contributed by atoms with Crippen LogP contribution in [0.2, 0.25) is 0 Å². The number of halogens is 1. The standard InChI is InChI=1S/C15H14FNO2/c1-17(2)15(19)12-5-3-4-10(8-12)11-6-7-14(18)13(16)9-11/h3-9,18H,1-2H3. The fourth-order valence-corrected chi connectivity index (χ4v) is 1.78. The summed E-state index contributed by atoms with van der Waals surface area (Å²) in [6.45, 7) is 0. The van der Waals surface area contributed by atoms with Gasteiger partial charge in [0, 0.05) is 19.7 Å². The van der Waals surface area contributed by atoms with Gasteiger partial charge in [-0.2, -0.15) is 0 Å². The molecule has 0 heterocycles. The lowest BCUT2D eigenvalue weighted by Gasteiger charge is -2.11. The highest BCUT2D eigenvalue weighted by molar-refractivity contribution is 5.95. The van der Waals surface area contributed by atoms with Crippen LogP contribution in [0, 0.1) is 5.82 Å². The monoisotopic (exact) mass is 259 g/mol. The van der Waals surface area contributed by atoms with Crippen molar-refractivity contribution in [1.82, 2.24) is 4.90 Å². The van der Waals surface area contributed by atoms with E-state index >= 15 is 0 Å². The Morgan fingerprint density at radius 3 is 2.42 bits per heavy atom. The Morgan fingerprint density at radius 2 is 1.79 bits per heavy atom. The molecule has 0 fully saturated rings. The van der Waals surface area contributed by atoms with E-state index in [1.54, 1.807) is 44.4 Å². The second kappa shape index (κ2) is 5.10. The van der Waals surface area contributed by atoms with Gasteiger partial charge in [0.1, 0.15) is 0 Å². The van der Waals surface area contributed by atoms with Gasteiger partial charge in [-0.05, 0) is 35.4 Å². The maximum absolute atomic E-state index is 13.3. The van der Waals surface area contributed by atoms with Crippen LogP contribution in [0.3, 0.4) is 0 Å². The summed E-state index contributed by atoms with van der Waals surface area (Å²) in [5.74, 6) is -1.17. The molecule has 0 saturated carbocycles. The van der Waals surface area contributed by atoms with Crippen LogP contribution in [0.1, 0.15) is 10.4 Å². The Hall–Kier alpha value is -2.36. The number of benzene rings is 2. The zero-order valence-corrected chi connectivity index (χ0v) is 10.7. The molecular weight excluding hydrogens is 245 g/mol. The molecule has 0 unspecified atom stereocenters. The smallest absolute Gasteiger partial charge is 0.253 e. The van der Waals surface area contributed by atoms with Crippen LogP contribution in [0.15, 0.2) is 42.5 Å². The first-order valence-electron chi connectivity index (χ1n) is 5.79. The van der Waals surface area contributed by atoms with E-state index in [-0.39, 0.29) is 11.7 Å². The number of carbonyl (C=O) groups excluding carboxylic acids is 1. The number of phenolic OH excluding ortho intramolecular Hbond substituents is 1. The van der Waals surface area contributed by atoms with E-state index in [0.29, 0.717) is 11.1 Å². The van der Waals surface area contributed by atoms with E-state index in [0.717, 1.165) is 5.56 Å². The summed E-state index contributed by atoms with van der Waals surface area (Å²) in [4.78, 5) is 13.3. The largest absolute Gasteiger partial charge is 0.505 e. The Balaban J connectivity index is 2.43. The molecule has 2 aromatic rings. The van der Waals surface area contributed by atoms with Crippen molar-refractivity contribution < 1.29 is 14.3 Å². The third-order valence-electron chi connectivity index (χ3n) is 2.80. The third kappa shape index (κ3) is 2.73. The van der Waals surface area contributed by atoms with E-state index in [9.17, 15) is 14.3 Å². The fraction of sp³-hybridized carbons (Fsp3) is 0.133. The Bertz CT molecular complexity index is 623. The molecule has 0 radical (unpaired) electrons. The quantitative estimate of drug-likeness (QED) is 0.900. The molecule has 0 atom stereocenters. The first-order valence-corrected chi connectivity index (χ1v) is 5.79. The highest BCUT2D eigenvalue weighted by Crippen LogP contribution is 2.25. The van der Waals surface area contributed by atoms with Crippen molar-refractivity contribution in [1.29, 1.82) is 0 Å². The van der Waals surface area contributed by atoms with Crippen LogP contribution in [0.4, 0.5) is 4.39 Å². The van der Waals surface area contributed by atoms with E-state index < -0.39 is 5.82 Å². The molecule has 0 aromatic heterocycles. The van der Waals surface area contributed by atoms with Crippen LogP contribution in [-0.4, -0.2) is 30.0 Å². The molecule has 0 aliphatic heterocycles. The van der Waals surface area contributed by atoms with E-state index in [2.05, 4.69) is 0 Å². The van der Waals surface area contributed by atoms with Gasteiger partial charge < -0.3 is 10.0 Å². The number of rotatable bonds is 2. The molecule has 1 N–H and O–H groups in total. The molecule has 0 saturated heterocycles. The predicted octanol–water partition coefficient (Wildman–Crippen LogP) is 2.90. The zero-order valence-electron chi connectivity index (χ0n) is 10.7. The maximum atomic E-state index is 13.3. The van der Waals surface area contributed by atoms with Gasteiger partial charge >= 0.3 is 0 Å². The van der Waals surface area contributed by atoms with Gasteiger partial charge in [-0.15, -0.1) is 0 Å². The number of phenols is 1. The molecule has 0 aliphatic carbocycles. The molecule has 4 heteroatoms.